The summed E-state index contributed by atoms with van der Waals surface area (Å²) in [5.41, 5.74) is 0.844. The maximum atomic E-state index is 11.5. The van der Waals surface area contributed by atoms with E-state index < -0.39 is 15.0 Å². The van der Waals surface area contributed by atoms with Gasteiger partial charge < -0.3 is 14.8 Å². The molecule has 8 heteroatoms. The van der Waals surface area contributed by atoms with Crippen LogP contribution >= 0.6 is 10.7 Å². The van der Waals surface area contributed by atoms with Crippen molar-refractivity contribution in [3.05, 3.63) is 17.7 Å². The Balaban J connectivity index is 3.32. The van der Waals surface area contributed by atoms with Crippen LogP contribution in [0.15, 0.2) is 17.0 Å². The molecule has 6 nitrogen and oxygen atoms in total. The number of nitrogens with one attached hydrogen (secondary N) is 1. The van der Waals surface area contributed by atoms with Gasteiger partial charge in [-0.2, -0.15) is 0 Å². The molecule has 0 aliphatic heterocycles. The van der Waals surface area contributed by atoms with Gasteiger partial charge in [-0.05, 0) is 24.6 Å². The van der Waals surface area contributed by atoms with E-state index in [4.69, 9.17) is 15.4 Å². The number of amides is 1. The summed E-state index contributed by atoms with van der Waals surface area (Å²) in [6, 6.07) is 2.95. The maximum Gasteiger partial charge on any atom is 0.265 e. The van der Waals surface area contributed by atoms with E-state index in [1.54, 1.807) is 13.0 Å². The Bertz CT molecular complexity index is 585. The van der Waals surface area contributed by atoms with Crippen LogP contribution in [-0.2, 0) is 18.6 Å². The highest BCUT2D eigenvalue weighted by Crippen LogP contribution is 2.35. The lowest BCUT2D eigenvalue weighted by Gasteiger charge is -2.14. The highest BCUT2D eigenvalue weighted by molar-refractivity contribution is 8.13. The molecular weight excluding hydrogens is 294 g/mol. The van der Waals surface area contributed by atoms with Gasteiger partial charge in [-0.1, -0.05) is 0 Å². The van der Waals surface area contributed by atoms with Crippen LogP contribution in [0.3, 0.4) is 0 Å². The summed E-state index contributed by atoms with van der Waals surface area (Å²) in [5, 5.41) is 2.50. The number of aryl methyl sites for hydroxylation is 1. The Kier molecular flexibility index (Phi) is 5.16. The Morgan fingerprint density at radius 2 is 2.00 bits per heavy atom. The smallest absolute Gasteiger partial charge is 0.265 e. The molecule has 0 spiro atoms. The topological polar surface area (TPSA) is 81.7 Å². The zero-order valence-electron chi connectivity index (χ0n) is 10.7. The third kappa shape index (κ3) is 4.09. The second kappa shape index (κ2) is 6.23. The minimum atomic E-state index is -3.97. The molecule has 0 radical (unpaired) electrons. The molecule has 1 N–H and O–H groups in total. The molecule has 0 saturated carbocycles. The number of hydrogen-bond donors (Lipinski definition) is 1. The number of carbonyl (C=O) groups is 1. The van der Waals surface area contributed by atoms with Crippen molar-refractivity contribution in [1.29, 1.82) is 0 Å². The van der Waals surface area contributed by atoms with E-state index >= 15 is 0 Å². The van der Waals surface area contributed by atoms with Crippen LogP contribution < -0.4 is 10.1 Å². The number of benzene rings is 1. The lowest BCUT2D eigenvalue weighted by atomic mass is 10.2. The van der Waals surface area contributed by atoms with E-state index in [-0.39, 0.29) is 22.9 Å². The van der Waals surface area contributed by atoms with E-state index in [1.807, 2.05) is 0 Å². The summed E-state index contributed by atoms with van der Waals surface area (Å²) in [7, 11) is 4.04. The quantitative estimate of drug-likeness (QED) is 0.834. The van der Waals surface area contributed by atoms with Crippen LogP contribution in [-0.4, -0.2) is 35.2 Å². The van der Waals surface area contributed by atoms with Gasteiger partial charge in [0, 0.05) is 17.8 Å². The first-order chi connectivity index (χ1) is 8.79. The van der Waals surface area contributed by atoms with Crippen molar-refractivity contribution in [1.82, 2.24) is 0 Å². The molecular formula is C11H14ClNO5S. The van der Waals surface area contributed by atoms with Gasteiger partial charge in [-0.15, -0.1) is 0 Å². The van der Waals surface area contributed by atoms with Gasteiger partial charge in [-0.25, -0.2) is 8.42 Å². The molecule has 106 valence electrons. The zero-order chi connectivity index (χ0) is 14.6. The Hall–Kier alpha value is -1.31. The van der Waals surface area contributed by atoms with E-state index in [2.05, 4.69) is 10.1 Å². The molecule has 0 bridgehead atoms. The van der Waals surface area contributed by atoms with Crippen LogP contribution in [0.1, 0.15) is 5.56 Å². The number of rotatable bonds is 5. The van der Waals surface area contributed by atoms with Crippen molar-refractivity contribution in [2.45, 2.75) is 11.8 Å². The third-order valence-electron chi connectivity index (χ3n) is 2.22. The first-order valence-electron chi connectivity index (χ1n) is 5.21. The van der Waals surface area contributed by atoms with Crippen LogP contribution in [0.4, 0.5) is 5.69 Å². The fraction of sp³-hybridized carbons (Fsp3) is 0.364. The summed E-state index contributed by atoms with van der Waals surface area (Å²) < 4.78 is 32.7. The van der Waals surface area contributed by atoms with E-state index in [1.165, 1.54) is 20.3 Å². The third-order valence-corrected chi connectivity index (χ3v) is 3.54. The van der Waals surface area contributed by atoms with Crippen molar-refractivity contribution < 1.29 is 22.7 Å². The van der Waals surface area contributed by atoms with Gasteiger partial charge >= 0.3 is 0 Å². The zero-order valence-corrected chi connectivity index (χ0v) is 12.3. The highest BCUT2D eigenvalue weighted by atomic mass is 35.7. The lowest BCUT2D eigenvalue weighted by Crippen LogP contribution is -2.18. The van der Waals surface area contributed by atoms with Gasteiger partial charge in [0.05, 0.1) is 12.8 Å². The predicted molar refractivity (Wildman–Crippen MR) is 71.3 cm³/mol. The van der Waals surface area contributed by atoms with Gasteiger partial charge in [0.1, 0.15) is 11.5 Å². The number of anilines is 1. The SMILES string of the molecule is COCC(=O)Nc1cc(C)cc(S(=O)(=O)Cl)c1OC. The molecule has 1 amide bonds. The Labute approximate surface area is 116 Å². The van der Waals surface area contributed by atoms with Crippen molar-refractivity contribution in [2.24, 2.45) is 0 Å². The number of carbonyl (C=O) groups excluding carboxylic acids is 1. The average Bonchev–Trinajstić information content (AvgIpc) is 2.27. The van der Waals surface area contributed by atoms with Crippen molar-refractivity contribution in [3.8, 4) is 5.75 Å². The molecule has 1 rings (SSSR count). The van der Waals surface area contributed by atoms with E-state index in [0.29, 0.717) is 5.56 Å². The van der Waals surface area contributed by atoms with Crippen molar-refractivity contribution in [3.63, 3.8) is 0 Å². The average molecular weight is 308 g/mol. The molecule has 0 saturated heterocycles. The first kappa shape index (κ1) is 15.7. The summed E-state index contributed by atoms with van der Waals surface area (Å²) in [6.45, 7) is 1.52. The predicted octanol–water partition coefficient (Wildman–Crippen LogP) is 1.52. The summed E-state index contributed by atoms with van der Waals surface area (Å²) >= 11 is 0. The fourth-order valence-electron chi connectivity index (χ4n) is 1.54. The van der Waals surface area contributed by atoms with Crippen LogP contribution in [0.5, 0.6) is 5.75 Å². The van der Waals surface area contributed by atoms with Crippen molar-refractivity contribution >= 4 is 31.3 Å². The molecule has 0 unspecified atom stereocenters. The van der Waals surface area contributed by atoms with Crippen LogP contribution in [0.25, 0.3) is 0 Å². The molecule has 0 aliphatic rings. The lowest BCUT2D eigenvalue weighted by molar-refractivity contribution is -0.119. The van der Waals surface area contributed by atoms with Crippen molar-refractivity contribution in [2.75, 3.05) is 26.1 Å². The van der Waals surface area contributed by atoms with E-state index in [0.717, 1.165) is 0 Å². The molecule has 0 atom stereocenters. The monoisotopic (exact) mass is 307 g/mol. The molecule has 1 aromatic rings. The number of hydrogen-bond acceptors (Lipinski definition) is 5. The standard InChI is InChI=1S/C11H14ClNO5S/c1-7-4-8(13-10(14)6-17-2)11(18-3)9(5-7)19(12,15)16/h4-5H,6H2,1-3H3,(H,13,14). The normalized spacial score (nSPS) is 11.2. The van der Waals surface area contributed by atoms with Crippen LogP contribution in [0, 0.1) is 6.92 Å². The Morgan fingerprint density at radius 3 is 2.47 bits per heavy atom. The minimum absolute atomic E-state index is 0.00921. The van der Waals surface area contributed by atoms with Gasteiger partial charge in [0.25, 0.3) is 9.05 Å². The summed E-state index contributed by atoms with van der Waals surface area (Å²) in [4.78, 5) is 11.3. The molecule has 0 aromatic heterocycles. The molecule has 0 fully saturated rings. The molecule has 1 aromatic carbocycles. The van der Waals surface area contributed by atoms with Gasteiger partial charge in [-0.3, -0.25) is 4.79 Å². The molecule has 0 aliphatic carbocycles. The number of ether oxygens (including phenoxy) is 2. The summed E-state index contributed by atoms with van der Waals surface area (Å²) in [6.07, 6.45) is 0. The highest BCUT2D eigenvalue weighted by Gasteiger charge is 2.21. The van der Waals surface area contributed by atoms with E-state index in [9.17, 15) is 13.2 Å². The van der Waals surface area contributed by atoms with Crippen LogP contribution in [0.2, 0.25) is 0 Å². The Morgan fingerprint density at radius 1 is 1.37 bits per heavy atom. The minimum Gasteiger partial charge on any atom is -0.493 e. The first-order valence-corrected chi connectivity index (χ1v) is 7.52. The van der Waals surface area contributed by atoms with Gasteiger partial charge in [0.15, 0.2) is 5.75 Å². The molecule has 19 heavy (non-hydrogen) atoms. The number of methoxy groups -OCH3 is 2. The second-order valence-corrected chi connectivity index (χ2v) is 6.30. The summed E-state index contributed by atoms with van der Waals surface area (Å²) in [5.74, 6) is -0.436. The molecule has 0 heterocycles. The second-order valence-electron chi connectivity index (χ2n) is 3.76. The van der Waals surface area contributed by atoms with Gasteiger partial charge in [0.2, 0.25) is 5.91 Å². The fourth-order valence-corrected chi connectivity index (χ4v) is 2.63. The maximum absolute atomic E-state index is 11.5. The number of halogens is 1. The largest absolute Gasteiger partial charge is 0.493 e.